The zero-order valence-electron chi connectivity index (χ0n) is 13.5. The molecule has 0 unspecified atom stereocenters. The quantitative estimate of drug-likeness (QED) is 0.409. The van der Waals surface area contributed by atoms with Crippen LogP contribution in [0, 0.1) is 5.95 Å². The van der Waals surface area contributed by atoms with Crippen LogP contribution in [-0.4, -0.2) is 30.2 Å². The van der Waals surface area contributed by atoms with E-state index in [2.05, 4.69) is 15.1 Å². The largest absolute Gasteiger partial charge is 0.291 e. The Labute approximate surface area is 152 Å². The minimum absolute atomic E-state index is 0.137. The maximum absolute atomic E-state index is 14.3. The van der Waals surface area contributed by atoms with Gasteiger partial charge in [0.1, 0.15) is 11.2 Å². The summed E-state index contributed by atoms with van der Waals surface area (Å²) in [5, 5.41) is 4.62. The van der Waals surface area contributed by atoms with Crippen molar-refractivity contribution in [2.75, 3.05) is 5.88 Å². The fraction of sp³-hybridized carbons (Fsp3) is 0.111. The number of nitrogens with zero attached hydrogens (tertiary/aromatic N) is 5. The Morgan fingerprint density at radius 3 is 2.65 bits per heavy atom. The van der Waals surface area contributed by atoms with Crippen molar-refractivity contribution < 1.29 is 4.39 Å². The van der Waals surface area contributed by atoms with E-state index in [4.69, 9.17) is 11.6 Å². The average molecular weight is 370 g/mol. The predicted octanol–water partition coefficient (Wildman–Crippen LogP) is 3.02. The van der Waals surface area contributed by atoms with Gasteiger partial charge in [0.15, 0.2) is 5.65 Å². The van der Waals surface area contributed by atoms with Gasteiger partial charge in [0.25, 0.3) is 5.56 Å². The molecule has 0 bridgehead atoms. The van der Waals surface area contributed by atoms with E-state index >= 15 is 0 Å². The van der Waals surface area contributed by atoms with Crippen LogP contribution in [0.4, 0.5) is 4.39 Å². The first-order valence-electron chi connectivity index (χ1n) is 7.91. The molecule has 3 heterocycles. The molecule has 0 spiro atoms. The van der Waals surface area contributed by atoms with E-state index in [1.54, 1.807) is 10.7 Å². The number of hydrogen-bond donors (Lipinski definition) is 0. The lowest BCUT2D eigenvalue weighted by molar-refractivity contribution is 0.583. The van der Waals surface area contributed by atoms with Crippen molar-refractivity contribution in [1.29, 1.82) is 0 Å². The van der Waals surface area contributed by atoms with Gasteiger partial charge in [-0.15, -0.1) is 11.6 Å². The van der Waals surface area contributed by atoms with Gasteiger partial charge in [-0.1, -0.05) is 18.2 Å². The second-order valence-corrected chi connectivity index (χ2v) is 5.93. The summed E-state index contributed by atoms with van der Waals surface area (Å²) in [6.07, 6.45) is 2.81. The van der Waals surface area contributed by atoms with Gasteiger partial charge >= 0.3 is 0 Å². The van der Waals surface area contributed by atoms with Gasteiger partial charge in [-0.3, -0.25) is 9.36 Å². The molecule has 26 heavy (non-hydrogen) atoms. The summed E-state index contributed by atoms with van der Waals surface area (Å²) < 4.78 is 17.2. The number of halogens is 2. The normalized spacial score (nSPS) is 11.2. The van der Waals surface area contributed by atoms with E-state index in [-0.39, 0.29) is 29.4 Å². The van der Waals surface area contributed by atoms with Crippen LogP contribution in [0.2, 0.25) is 0 Å². The highest BCUT2D eigenvalue weighted by atomic mass is 35.5. The van der Waals surface area contributed by atoms with Crippen molar-refractivity contribution in [2.45, 2.75) is 6.54 Å². The van der Waals surface area contributed by atoms with Crippen molar-refractivity contribution in [3.05, 3.63) is 71.2 Å². The Morgan fingerprint density at radius 1 is 1.12 bits per heavy atom. The molecule has 0 saturated heterocycles. The van der Waals surface area contributed by atoms with Gasteiger partial charge in [-0.2, -0.15) is 9.49 Å². The third-order valence-electron chi connectivity index (χ3n) is 4.00. The third-order valence-corrected chi connectivity index (χ3v) is 4.16. The number of benzene rings is 1. The molecule has 4 aromatic rings. The smallest absolute Gasteiger partial charge is 0.264 e. The molecule has 0 fully saturated rings. The fourth-order valence-corrected chi connectivity index (χ4v) is 2.98. The molecule has 6 nitrogen and oxygen atoms in total. The number of aromatic nitrogens is 5. The Morgan fingerprint density at radius 2 is 1.92 bits per heavy atom. The summed E-state index contributed by atoms with van der Waals surface area (Å²) in [4.78, 5) is 21.1. The molecule has 0 radical (unpaired) electrons. The van der Waals surface area contributed by atoms with Gasteiger partial charge in [0.05, 0.1) is 17.4 Å². The summed E-state index contributed by atoms with van der Waals surface area (Å²) in [7, 11) is 0. The molecule has 0 aliphatic carbocycles. The fourth-order valence-electron chi connectivity index (χ4n) is 2.81. The van der Waals surface area contributed by atoms with E-state index < -0.39 is 5.95 Å². The maximum Gasteiger partial charge on any atom is 0.264 e. The highest BCUT2D eigenvalue weighted by molar-refractivity contribution is 6.17. The first-order chi connectivity index (χ1) is 12.7. The number of para-hydroxylation sites is 1. The molecular formula is C18H13ClFN5O. The van der Waals surface area contributed by atoms with Gasteiger partial charge in [0.2, 0.25) is 5.95 Å². The average Bonchev–Trinajstić information content (AvgIpc) is 3.09. The van der Waals surface area contributed by atoms with Crippen molar-refractivity contribution in [3.63, 3.8) is 0 Å². The summed E-state index contributed by atoms with van der Waals surface area (Å²) in [5.41, 5.74) is 0.917. The van der Waals surface area contributed by atoms with E-state index in [1.807, 2.05) is 30.3 Å². The first kappa shape index (κ1) is 16.4. The van der Waals surface area contributed by atoms with Crippen molar-refractivity contribution in [1.82, 2.24) is 24.3 Å². The summed E-state index contributed by atoms with van der Waals surface area (Å²) in [5.74, 6) is -0.339. The van der Waals surface area contributed by atoms with E-state index in [0.29, 0.717) is 11.0 Å². The molecule has 0 saturated carbocycles. The molecule has 0 atom stereocenters. The second-order valence-electron chi connectivity index (χ2n) is 5.55. The number of fused-ring (bicyclic) bond motifs is 1. The summed E-state index contributed by atoms with van der Waals surface area (Å²) in [6.45, 7) is 0.198. The van der Waals surface area contributed by atoms with Crippen LogP contribution in [-0.2, 0) is 6.54 Å². The van der Waals surface area contributed by atoms with Crippen LogP contribution in [0.5, 0.6) is 0 Å². The lowest BCUT2D eigenvalue weighted by Gasteiger charge is -2.12. The molecule has 0 amide bonds. The Hall–Kier alpha value is -3.06. The second kappa shape index (κ2) is 6.68. The molecule has 0 aliphatic heterocycles. The lowest BCUT2D eigenvalue weighted by atomic mass is 10.2. The summed E-state index contributed by atoms with van der Waals surface area (Å²) >= 11 is 5.84. The van der Waals surface area contributed by atoms with Gasteiger partial charge in [-0.25, -0.2) is 14.6 Å². The molecule has 0 aliphatic rings. The van der Waals surface area contributed by atoms with Gasteiger partial charge in [0, 0.05) is 18.6 Å². The summed E-state index contributed by atoms with van der Waals surface area (Å²) in [6, 6.07) is 12.4. The van der Waals surface area contributed by atoms with E-state index in [9.17, 15) is 9.18 Å². The standard InChI is InChI=1S/C18H13ClFN5O/c19-8-10-24-16(13-7-4-9-21-15(13)20)23-17-14(18(24)26)11-22-25(17)12-5-2-1-3-6-12/h1-7,9,11H,8,10H2. The molecular weight excluding hydrogens is 357 g/mol. The van der Waals surface area contributed by atoms with Gasteiger partial charge < -0.3 is 0 Å². The molecule has 130 valence electrons. The first-order valence-corrected chi connectivity index (χ1v) is 8.45. The highest BCUT2D eigenvalue weighted by Crippen LogP contribution is 2.22. The molecule has 0 N–H and O–H groups in total. The lowest BCUT2D eigenvalue weighted by Crippen LogP contribution is -2.24. The Balaban J connectivity index is 2.05. The monoisotopic (exact) mass is 369 g/mol. The van der Waals surface area contributed by atoms with Crippen molar-refractivity contribution in [3.8, 4) is 17.1 Å². The zero-order valence-corrected chi connectivity index (χ0v) is 14.3. The SMILES string of the molecule is O=c1c2cnn(-c3ccccc3)c2nc(-c2cccnc2F)n1CCCl. The molecule has 1 aromatic carbocycles. The van der Waals surface area contributed by atoms with Gasteiger partial charge in [-0.05, 0) is 24.3 Å². The third kappa shape index (κ3) is 2.66. The topological polar surface area (TPSA) is 65.6 Å². The zero-order chi connectivity index (χ0) is 18.1. The minimum Gasteiger partial charge on any atom is -0.291 e. The Bertz CT molecular complexity index is 1140. The molecule has 3 aromatic heterocycles. The van der Waals surface area contributed by atoms with Crippen molar-refractivity contribution >= 4 is 22.6 Å². The van der Waals surface area contributed by atoms with Crippen LogP contribution in [0.3, 0.4) is 0 Å². The minimum atomic E-state index is -0.701. The number of rotatable bonds is 4. The molecule has 8 heteroatoms. The van der Waals surface area contributed by atoms with E-state index in [1.165, 1.54) is 23.0 Å². The number of alkyl halides is 1. The molecule has 4 rings (SSSR count). The Kier molecular flexibility index (Phi) is 4.22. The predicted molar refractivity (Wildman–Crippen MR) is 97.0 cm³/mol. The van der Waals surface area contributed by atoms with Crippen molar-refractivity contribution in [2.24, 2.45) is 0 Å². The van der Waals surface area contributed by atoms with Crippen LogP contribution >= 0.6 is 11.6 Å². The van der Waals surface area contributed by atoms with Crippen LogP contribution in [0.1, 0.15) is 0 Å². The van der Waals surface area contributed by atoms with Crippen LogP contribution < -0.4 is 5.56 Å². The van der Waals surface area contributed by atoms with Crippen LogP contribution in [0.15, 0.2) is 59.7 Å². The van der Waals surface area contributed by atoms with Crippen LogP contribution in [0.25, 0.3) is 28.1 Å². The van der Waals surface area contributed by atoms with E-state index in [0.717, 1.165) is 5.69 Å². The highest BCUT2D eigenvalue weighted by Gasteiger charge is 2.19. The number of pyridine rings is 1. The maximum atomic E-state index is 14.3. The number of hydrogen-bond acceptors (Lipinski definition) is 4.